The molecule has 0 aromatic carbocycles. The van der Waals surface area contributed by atoms with Crippen molar-refractivity contribution in [2.75, 3.05) is 37.7 Å². The molecular weight excluding hydrogens is 329 g/mol. The number of hydrogen-bond donors (Lipinski definition) is 2. The fourth-order valence-electron chi connectivity index (χ4n) is 2.88. The second-order valence-corrected chi connectivity index (χ2v) is 6.81. The quantitative estimate of drug-likeness (QED) is 0.788. The molecule has 0 radical (unpaired) electrons. The number of piperidine rings is 1. The smallest absolute Gasteiger partial charge is 0.221 e. The normalized spacial score (nSPS) is 26.3. The predicted octanol–water partition coefficient (Wildman–Crippen LogP) is 1.92. The first kappa shape index (κ1) is 21.3. The number of amides is 1. The molecule has 2 N–H and O–H groups in total. The van der Waals surface area contributed by atoms with Gasteiger partial charge in [0.25, 0.3) is 0 Å². The van der Waals surface area contributed by atoms with E-state index in [-0.39, 0.29) is 30.7 Å². The third kappa shape index (κ3) is 7.93. The maximum Gasteiger partial charge on any atom is 0.221 e. The maximum atomic E-state index is 11.9. The molecule has 2 unspecified atom stereocenters. The topological polar surface area (TPSA) is 44.4 Å². The van der Waals surface area contributed by atoms with Gasteiger partial charge in [0.1, 0.15) is 0 Å². The minimum absolute atomic E-state index is 0. The van der Waals surface area contributed by atoms with Gasteiger partial charge in [0.2, 0.25) is 5.91 Å². The van der Waals surface area contributed by atoms with Gasteiger partial charge in [-0.2, -0.15) is 11.8 Å². The van der Waals surface area contributed by atoms with Crippen molar-refractivity contribution >= 4 is 42.5 Å². The average Bonchev–Trinajstić information content (AvgIpc) is 2.42. The molecule has 0 spiro atoms. The lowest BCUT2D eigenvalue weighted by Gasteiger charge is -2.33. The molecule has 7 heteroatoms. The van der Waals surface area contributed by atoms with Gasteiger partial charge in [0, 0.05) is 49.6 Å². The summed E-state index contributed by atoms with van der Waals surface area (Å²) in [5, 5.41) is 6.47. The average molecular weight is 358 g/mol. The monoisotopic (exact) mass is 357 g/mol. The summed E-state index contributed by atoms with van der Waals surface area (Å²) in [6.45, 7) is 6.32. The van der Waals surface area contributed by atoms with E-state index < -0.39 is 0 Å². The lowest BCUT2D eigenvalue weighted by atomic mass is 10.0. The van der Waals surface area contributed by atoms with E-state index in [9.17, 15) is 4.79 Å². The molecule has 2 aliphatic rings. The fraction of sp³-hybridized carbons (Fsp3) is 0.929. The largest absolute Gasteiger partial charge is 0.355 e. The van der Waals surface area contributed by atoms with Crippen LogP contribution in [0.4, 0.5) is 0 Å². The molecule has 2 heterocycles. The van der Waals surface area contributed by atoms with E-state index in [0.717, 1.165) is 25.4 Å². The molecule has 2 fully saturated rings. The van der Waals surface area contributed by atoms with E-state index in [1.165, 1.54) is 31.6 Å². The molecule has 21 heavy (non-hydrogen) atoms. The third-order valence-corrected chi connectivity index (χ3v) is 5.22. The van der Waals surface area contributed by atoms with Crippen LogP contribution in [0.3, 0.4) is 0 Å². The summed E-state index contributed by atoms with van der Waals surface area (Å²) in [5.74, 6) is 2.44. The number of carbonyl (C=O) groups excluding carboxylic acids is 1. The maximum absolute atomic E-state index is 11.9. The summed E-state index contributed by atoms with van der Waals surface area (Å²) >= 11 is 1.94. The van der Waals surface area contributed by atoms with Gasteiger partial charge in [-0.1, -0.05) is 6.42 Å². The molecule has 0 aromatic rings. The van der Waals surface area contributed by atoms with Crippen molar-refractivity contribution in [3.8, 4) is 0 Å². The number of hydrogen-bond acceptors (Lipinski definition) is 4. The van der Waals surface area contributed by atoms with E-state index in [4.69, 9.17) is 0 Å². The Bertz CT molecular complexity index is 291. The van der Waals surface area contributed by atoms with Crippen LogP contribution in [0.25, 0.3) is 0 Å². The summed E-state index contributed by atoms with van der Waals surface area (Å²) in [6, 6.07) is 1.05. The summed E-state index contributed by atoms with van der Waals surface area (Å²) in [7, 11) is 0. The number of likely N-dealkylation sites (tertiary alicyclic amines) is 1. The van der Waals surface area contributed by atoms with Crippen molar-refractivity contribution in [3.63, 3.8) is 0 Å². The van der Waals surface area contributed by atoms with Crippen LogP contribution >= 0.6 is 36.6 Å². The Morgan fingerprint density at radius 2 is 2.19 bits per heavy atom. The van der Waals surface area contributed by atoms with E-state index >= 15 is 0 Å². The van der Waals surface area contributed by atoms with Crippen molar-refractivity contribution in [1.82, 2.24) is 15.5 Å². The minimum Gasteiger partial charge on any atom is -0.355 e. The molecule has 4 nitrogen and oxygen atoms in total. The van der Waals surface area contributed by atoms with Crippen LogP contribution in [0.15, 0.2) is 0 Å². The molecule has 0 saturated carbocycles. The van der Waals surface area contributed by atoms with Gasteiger partial charge < -0.3 is 10.6 Å². The van der Waals surface area contributed by atoms with Crippen LogP contribution in [0.5, 0.6) is 0 Å². The molecule has 2 aliphatic heterocycles. The van der Waals surface area contributed by atoms with Crippen LogP contribution < -0.4 is 10.6 Å². The van der Waals surface area contributed by atoms with Crippen LogP contribution in [0.2, 0.25) is 0 Å². The lowest BCUT2D eigenvalue weighted by Crippen LogP contribution is -2.44. The molecule has 2 atom stereocenters. The summed E-state index contributed by atoms with van der Waals surface area (Å²) in [6.07, 6.45) is 4.59. The van der Waals surface area contributed by atoms with Crippen LogP contribution in [-0.4, -0.2) is 60.6 Å². The second kappa shape index (κ2) is 11.8. The highest BCUT2D eigenvalue weighted by Crippen LogP contribution is 2.15. The number of halogens is 2. The number of thioether (sulfide) groups is 1. The standard InChI is InChI=1S/C14H27N3OS.2ClH/c1-12-4-2-3-7-17(12)8-5-16-14(18)10-13-11-19-9-6-15-13;;/h12-13,15H,2-11H2,1H3,(H,16,18);2*1H. The Labute approximate surface area is 145 Å². The highest BCUT2D eigenvalue weighted by atomic mass is 35.5. The number of nitrogens with zero attached hydrogens (tertiary/aromatic N) is 1. The van der Waals surface area contributed by atoms with Crippen molar-refractivity contribution in [2.45, 2.75) is 44.7 Å². The van der Waals surface area contributed by atoms with Crippen molar-refractivity contribution in [3.05, 3.63) is 0 Å². The first-order valence-electron chi connectivity index (χ1n) is 7.57. The highest BCUT2D eigenvalue weighted by Gasteiger charge is 2.19. The molecule has 0 aliphatic carbocycles. The third-order valence-electron chi connectivity index (χ3n) is 4.09. The Balaban J connectivity index is 0.00000200. The Morgan fingerprint density at radius 1 is 1.38 bits per heavy atom. The summed E-state index contributed by atoms with van der Waals surface area (Å²) in [4.78, 5) is 14.4. The first-order chi connectivity index (χ1) is 9.25. The van der Waals surface area contributed by atoms with Crippen LogP contribution in [-0.2, 0) is 4.79 Å². The highest BCUT2D eigenvalue weighted by molar-refractivity contribution is 7.99. The van der Waals surface area contributed by atoms with Crippen LogP contribution in [0, 0.1) is 0 Å². The van der Waals surface area contributed by atoms with E-state index in [1.807, 2.05) is 11.8 Å². The Hall–Kier alpha value is 0.320. The summed E-state index contributed by atoms with van der Waals surface area (Å²) in [5.41, 5.74) is 0. The zero-order chi connectivity index (χ0) is 13.5. The molecule has 126 valence electrons. The van der Waals surface area contributed by atoms with Crippen LogP contribution in [0.1, 0.15) is 32.6 Å². The lowest BCUT2D eigenvalue weighted by molar-refractivity contribution is -0.121. The minimum atomic E-state index is 0. The molecule has 0 bridgehead atoms. The van der Waals surface area contributed by atoms with Gasteiger partial charge in [-0.05, 0) is 26.3 Å². The van der Waals surface area contributed by atoms with Gasteiger partial charge in [0.05, 0.1) is 0 Å². The summed E-state index contributed by atoms with van der Waals surface area (Å²) < 4.78 is 0. The molecule has 2 saturated heterocycles. The van der Waals surface area contributed by atoms with Crippen molar-refractivity contribution < 1.29 is 4.79 Å². The van der Waals surface area contributed by atoms with Gasteiger partial charge in [-0.3, -0.25) is 9.69 Å². The Kier molecular flexibility index (Phi) is 12.0. The molecule has 2 rings (SSSR count). The number of nitrogens with one attached hydrogen (secondary N) is 2. The fourth-order valence-corrected chi connectivity index (χ4v) is 3.82. The second-order valence-electron chi connectivity index (χ2n) is 5.66. The zero-order valence-corrected chi connectivity index (χ0v) is 15.3. The predicted molar refractivity (Wildman–Crippen MR) is 96.1 cm³/mol. The molecular formula is C14H29Cl2N3OS. The van der Waals surface area contributed by atoms with E-state index in [0.29, 0.717) is 18.5 Å². The molecule has 1 amide bonds. The van der Waals surface area contributed by atoms with Gasteiger partial charge >= 0.3 is 0 Å². The zero-order valence-electron chi connectivity index (χ0n) is 12.8. The number of rotatable bonds is 5. The Morgan fingerprint density at radius 3 is 2.86 bits per heavy atom. The van der Waals surface area contributed by atoms with E-state index in [1.54, 1.807) is 0 Å². The van der Waals surface area contributed by atoms with Crippen molar-refractivity contribution in [2.24, 2.45) is 0 Å². The van der Waals surface area contributed by atoms with Gasteiger partial charge in [-0.25, -0.2) is 0 Å². The SMILES string of the molecule is CC1CCCCN1CCNC(=O)CC1CSCCN1.Cl.Cl. The van der Waals surface area contributed by atoms with Gasteiger partial charge in [0.15, 0.2) is 0 Å². The number of carbonyl (C=O) groups is 1. The molecule has 0 aromatic heterocycles. The van der Waals surface area contributed by atoms with E-state index in [2.05, 4.69) is 22.5 Å². The van der Waals surface area contributed by atoms with Crippen molar-refractivity contribution in [1.29, 1.82) is 0 Å². The van der Waals surface area contributed by atoms with Gasteiger partial charge in [-0.15, -0.1) is 24.8 Å². The first-order valence-corrected chi connectivity index (χ1v) is 8.73.